The number of rotatable bonds is 5. The first kappa shape index (κ1) is 19.7. The van der Waals surface area contributed by atoms with Crippen LogP contribution in [0.15, 0.2) is 75.2 Å². The van der Waals surface area contributed by atoms with Gasteiger partial charge in [0.05, 0.1) is 11.9 Å². The lowest BCUT2D eigenvalue weighted by Crippen LogP contribution is -2.12. The molecular weight excluding hydrogens is 444 g/mol. The van der Waals surface area contributed by atoms with Crippen molar-refractivity contribution in [2.24, 2.45) is 0 Å². The van der Waals surface area contributed by atoms with Gasteiger partial charge in [-0.05, 0) is 64.5 Å². The lowest BCUT2D eigenvalue weighted by atomic mass is 10.2. The first-order valence-corrected chi connectivity index (χ1v) is 9.61. The number of hydrogen-bond acceptors (Lipinski definition) is 5. The number of benzene rings is 2. The highest BCUT2D eigenvalue weighted by Gasteiger charge is 2.10. The van der Waals surface area contributed by atoms with Crippen LogP contribution in [0.2, 0.25) is 0 Å². The minimum atomic E-state index is -1.11. The van der Waals surface area contributed by atoms with Gasteiger partial charge in [0.1, 0.15) is 0 Å². The second-order valence-electron chi connectivity index (χ2n) is 5.66. The van der Waals surface area contributed by atoms with Crippen molar-refractivity contribution in [3.63, 3.8) is 0 Å². The molecule has 2 amide bonds. The van der Waals surface area contributed by atoms with Gasteiger partial charge in [0.15, 0.2) is 0 Å². The maximum Gasteiger partial charge on any atom is 0.409 e. The van der Waals surface area contributed by atoms with E-state index in [0.717, 1.165) is 14.3 Å². The monoisotopic (exact) mass is 458 g/mol. The molecule has 0 fully saturated rings. The summed E-state index contributed by atoms with van der Waals surface area (Å²) in [6.07, 6.45) is 2.07. The van der Waals surface area contributed by atoms with Gasteiger partial charge in [0.2, 0.25) is 0 Å². The fourth-order valence-electron chi connectivity index (χ4n) is 2.32. The van der Waals surface area contributed by atoms with Gasteiger partial charge in [-0.3, -0.25) is 15.1 Å². The average Bonchev–Trinajstić information content (AvgIpc) is 2.64. The molecule has 9 heteroatoms. The van der Waals surface area contributed by atoms with E-state index in [4.69, 9.17) is 10.8 Å². The molecule has 5 N–H and O–H groups in total. The fourth-order valence-corrected chi connectivity index (χ4v) is 3.53. The van der Waals surface area contributed by atoms with Crippen molar-refractivity contribution in [3.05, 3.63) is 71.0 Å². The molecule has 0 aliphatic heterocycles. The number of nitrogens with two attached hydrogens (primary N) is 1. The minimum absolute atomic E-state index is 0.285. The molecule has 0 aliphatic rings. The van der Waals surface area contributed by atoms with Crippen LogP contribution in [0, 0.1) is 0 Å². The normalized spacial score (nSPS) is 10.3. The Morgan fingerprint density at radius 2 is 1.75 bits per heavy atom. The van der Waals surface area contributed by atoms with Crippen molar-refractivity contribution in [1.82, 2.24) is 4.98 Å². The molecule has 1 aromatic heterocycles. The highest BCUT2D eigenvalue weighted by molar-refractivity contribution is 9.10. The largest absolute Gasteiger partial charge is 0.465 e. The number of amides is 2. The average molecular weight is 459 g/mol. The van der Waals surface area contributed by atoms with Crippen molar-refractivity contribution in [2.45, 2.75) is 9.79 Å². The van der Waals surface area contributed by atoms with Crippen molar-refractivity contribution in [2.75, 3.05) is 16.4 Å². The van der Waals surface area contributed by atoms with E-state index in [-0.39, 0.29) is 5.91 Å². The number of nitrogen functional groups attached to an aromatic ring is 1. The number of hydrogen-bond donors (Lipinski definition) is 4. The van der Waals surface area contributed by atoms with Crippen LogP contribution in [-0.2, 0) is 0 Å². The van der Waals surface area contributed by atoms with Crippen molar-refractivity contribution < 1.29 is 14.7 Å². The van der Waals surface area contributed by atoms with Crippen LogP contribution < -0.4 is 16.4 Å². The molecule has 0 bridgehead atoms. The molecule has 7 nitrogen and oxygen atoms in total. The molecule has 28 heavy (non-hydrogen) atoms. The second-order valence-corrected chi connectivity index (χ2v) is 7.69. The summed E-state index contributed by atoms with van der Waals surface area (Å²) in [7, 11) is 0. The summed E-state index contributed by atoms with van der Waals surface area (Å²) in [5, 5.41) is 13.8. The van der Waals surface area contributed by atoms with Crippen molar-refractivity contribution in [1.29, 1.82) is 0 Å². The number of nitrogens with one attached hydrogen (secondary N) is 2. The minimum Gasteiger partial charge on any atom is -0.465 e. The second kappa shape index (κ2) is 8.77. The van der Waals surface area contributed by atoms with E-state index in [1.54, 1.807) is 60.9 Å². The third-order valence-corrected chi connectivity index (χ3v) is 5.10. The number of anilines is 3. The summed E-state index contributed by atoms with van der Waals surface area (Å²) in [5.41, 5.74) is 8.07. The van der Waals surface area contributed by atoms with Gasteiger partial charge < -0.3 is 16.2 Å². The maximum atomic E-state index is 12.4. The van der Waals surface area contributed by atoms with Gasteiger partial charge in [0, 0.05) is 37.4 Å². The first-order valence-electron chi connectivity index (χ1n) is 8.00. The molecule has 0 radical (unpaired) electrons. The van der Waals surface area contributed by atoms with E-state index in [9.17, 15) is 9.59 Å². The van der Waals surface area contributed by atoms with Crippen LogP contribution in [0.1, 0.15) is 10.4 Å². The lowest BCUT2D eigenvalue weighted by molar-refractivity contribution is 0.102. The van der Waals surface area contributed by atoms with Crippen molar-refractivity contribution >= 4 is 56.8 Å². The molecule has 0 saturated carbocycles. The standard InChI is InChI=1S/C19H15BrN4O3S/c20-12-8-14(10-22-9-12)23-18(25)11-1-6-17(16(21)7-11)28-15-4-2-13(3-5-15)24-19(26)27/h1-10,24H,21H2,(H,23,25)(H,26,27). The molecule has 142 valence electrons. The molecule has 0 unspecified atom stereocenters. The van der Waals surface area contributed by atoms with Crippen LogP contribution in [-0.4, -0.2) is 22.1 Å². The third-order valence-electron chi connectivity index (χ3n) is 3.57. The Balaban J connectivity index is 1.69. The smallest absolute Gasteiger partial charge is 0.409 e. The Hall–Kier alpha value is -3.04. The molecule has 3 aromatic rings. The Bertz CT molecular complexity index is 1030. The van der Waals surface area contributed by atoms with Gasteiger partial charge in [-0.15, -0.1) is 0 Å². The maximum absolute atomic E-state index is 12.4. The number of nitrogens with zero attached hydrogens (tertiary/aromatic N) is 1. The number of pyridine rings is 1. The number of carbonyl (C=O) groups is 2. The van der Waals surface area contributed by atoms with Gasteiger partial charge in [-0.25, -0.2) is 4.79 Å². The predicted molar refractivity (Wildman–Crippen MR) is 113 cm³/mol. The van der Waals surface area contributed by atoms with Gasteiger partial charge in [0.25, 0.3) is 5.91 Å². The topological polar surface area (TPSA) is 117 Å². The lowest BCUT2D eigenvalue weighted by Gasteiger charge is -2.09. The SMILES string of the molecule is Nc1cc(C(=O)Nc2cncc(Br)c2)ccc1Sc1ccc(NC(=O)O)cc1. The third kappa shape index (κ3) is 5.24. The molecule has 1 heterocycles. The van der Waals surface area contributed by atoms with E-state index >= 15 is 0 Å². The zero-order valence-electron chi connectivity index (χ0n) is 14.3. The van der Waals surface area contributed by atoms with Gasteiger partial charge in [-0.1, -0.05) is 11.8 Å². The van der Waals surface area contributed by atoms with E-state index in [2.05, 4.69) is 31.5 Å². The van der Waals surface area contributed by atoms with Gasteiger partial charge in [-0.2, -0.15) is 0 Å². The fraction of sp³-hybridized carbons (Fsp3) is 0. The Morgan fingerprint density at radius 3 is 2.39 bits per heavy atom. The first-order chi connectivity index (χ1) is 13.4. The Morgan fingerprint density at radius 1 is 1.00 bits per heavy atom. The van der Waals surface area contributed by atoms with Crippen LogP contribution in [0.25, 0.3) is 0 Å². The molecule has 0 aliphatic carbocycles. The quantitative estimate of drug-likeness (QED) is 0.403. The zero-order chi connectivity index (χ0) is 20.1. The molecule has 3 rings (SSSR count). The van der Waals surface area contributed by atoms with Crippen LogP contribution in [0.3, 0.4) is 0 Å². The van der Waals surface area contributed by atoms with E-state index in [1.165, 1.54) is 11.8 Å². The molecule has 0 saturated heterocycles. The summed E-state index contributed by atoms with van der Waals surface area (Å²) < 4.78 is 0.765. The van der Waals surface area contributed by atoms with E-state index < -0.39 is 6.09 Å². The number of carboxylic acid groups (broad SMARTS) is 1. The van der Waals surface area contributed by atoms with E-state index in [1.807, 2.05) is 0 Å². The number of halogens is 1. The molecule has 0 spiro atoms. The highest BCUT2D eigenvalue weighted by atomic mass is 79.9. The number of carbonyl (C=O) groups excluding carboxylic acids is 1. The summed E-state index contributed by atoms with van der Waals surface area (Å²) >= 11 is 4.73. The Labute approximate surface area is 173 Å². The zero-order valence-corrected chi connectivity index (χ0v) is 16.8. The molecule has 0 atom stereocenters. The van der Waals surface area contributed by atoms with Crippen LogP contribution >= 0.6 is 27.7 Å². The molecular formula is C19H15BrN4O3S. The predicted octanol–water partition coefficient (Wildman–Crippen LogP) is 4.92. The van der Waals surface area contributed by atoms with Crippen LogP contribution in [0.4, 0.5) is 21.9 Å². The summed E-state index contributed by atoms with van der Waals surface area (Å²) in [5.74, 6) is -0.285. The van der Waals surface area contributed by atoms with Gasteiger partial charge >= 0.3 is 6.09 Å². The van der Waals surface area contributed by atoms with Crippen molar-refractivity contribution in [3.8, 4) is 0 Å². The highest BCUT2D eigenvalue weighted by Crippen LogP contribution is 2.33. The van der Waals surface area contributed by atoms with E-state index in [0.29, 0.717) is 22.6 Å². The van der Waals surface area contributed by atoms with Crippen LogP contribution in [0.5, 0.6) is 0 Å². The summed E-state index contributed by atoms with van der Waals surface area (Å²) in [6, 6.07) is 13.7. The number of aromatic nitrogens is 1. The summed E-state index contributed by atoms with van der Waals surface area (Å²) in [4.78, 5) is 28.7. The Kier molecular flexibility index (Phi) is 6.17. The summed E-state index contributed by atoms with van der Waals surface area (Å²) in [6.45, 7) is 0. The molecule has 2 aromatic carbocycles.